The Hall–Kier alpha value is -0.837. The minimum atomic E-state index is -3.62. The molecule has 0 unspecified atom stereocenters. The molecule has 2 aromatic rings. The van der Waals surface area contributed by atoms with Gasteiger partial charge in [0.2, 0.25) is 0 Å². The van der Waals surface area contributed by atoms with Gasteiger partial charge >= 0.3 is 122 Å². The summed E-state index contributed by atoms with van der Waals surface area (Å²) in [6.45, 7) is 0. The van der Waals surface area contributed by atoms with Crippen molar-refractivity contribution in [2.24, 2.45) is 0 Å². The first kappa shape index (κ1) is 13.2. The van der Waals surface area contributed by atoms with E-state index in [1.807, 2.05) is 0 Å². The summed E-state index contributed by atoms with van der Waals surface area (Å²) in [6.07, 6.45) is 0. The van der Waals surface area contributed by atoms with Gasteiger partial charge in [0.1, 0.15) is 0 Å². The monoisotopic (exact) mass is 492 g/mol. The van der Waals surface area contributed by atoms with Crippen LogP contribution in [-0.4, -0.2) is 39.2 Å². The van der Waals surface area contributed by atoms with Gasteiger partial charge in [-0.2, -0.15) is 0 Å². The molecule has 2 N–H and O–H groups in total. The number of sulfone groups is 1. The predicted octanol–water partition coefficient (Wildman–Crippen LogP) is 0.589. The van der Waals surface area contributed by atoms with Gasteiger partial charge in [0.05, 0.1) is 0 Å². The summed E-state index contributed by atoms with van der Waals surface area (Å²) in [5, 5.41) is 19.0. The maximum atomic E-state index is 12.5. The summed E-state index contributed by atoms with van der Waals surface area (Å²) in [7, 11) is 2.84. The molecule has 1 aliphatic heterocycles. The van der Waals surface area contributed by atoms with E-state index in [0.29, 0.717) is 6.54 Å². The normalized spacial score (nSPS) is 16.7. The fraction of sp³-hybridized carbons (Fsp3) is 0. The zero-order valence-electron chi connectivity index (χ0n) is 9.41. The van der Waals surface area contributed by atoms with E-state index in [1.54, 1.807) is 0 Å². The Bertz CT molecular complexity index is 729. The van der Waals surface area contributed by atoms with Crippen molar-refractivity contribution in [1.29, 1.82) is 0 Å². The fourth-order valence-electron chi connectivity index (χ4n) is 2.02. The molecule has 0 bridgehead atoms. The van der Waals surface area contributed by atoms with Crippen molar-refractivity contribution >= 4 is 45.5 Å². The molecule has 0 aliphatic carbocycles. The zero-order chi connectivity index (χ0) is 13.8. The molecule has 0 saturated heterocycles. The summed E-state index contributed by atoms with van der Waals surface area (Å²) in [4.78, 5) is 0.354. The van der Waals surface area contributed by atoms with Crippen LogP contribution in [0.15, 0.2) is 46.2 Å². The quantitative estimate of drug-likeness (QED) is 0.528. The van der Waals surface area contributed by atoms with E-state index in [1.165, 1.54) is 36.4 Å². The summed E-state index contributed by atoms with van der Waals surface area (Å²) >= 11 is -2.97. The van der Waals surface area contributed by atoms with Gasteiger partial charge in [-0.05, 0) is 0 Å². The van der Waals surface area contributed by atoms with Crippen molar-refractivity contribution in [3.8, 4) is 11.5 Å². The minimum absolute atomic E-state index is 0.00166. The van der Waals surface area contributed by atoms with Crippen LogP contribution < -0.4 is 6.54 Å². The number of aromatic hydroxyl groups is 2. The van der Waals surface area contributed by atoms with E-state index < -0.39 is 30.4 Å². The number of halogens is 1. The van der Waals surface area contributed by atoms with E-state index >= 15 is 0 Å². The van der Waals surface area contributed by atoms with Crippen LogP contribution in [0.25, 0.3) is 0 Å². The van der Waals surface area contributed by atoms with E-state index in [4.69, 9.17) is 8.51 Å². The third kappa shape index (κ3) is 1.93. The number of hydrogen-bond acceptors (Lipinski definition) is 4. The Morgan fingerprint density at radius 1 is 0.895 bits per heavy atom. The van der Waals surface area contributed by atoms with Crippen molar-refractivity contribution in [3.05, 3.63) is 36.4 Å². The second-order valence-corrected chi connectivity index (χ2v) is 14.9. The Morgan fingerprint density at radius 3 is 1.74 bits per heavy atom. The summed E-state index contributed by atoms with van der Waals surface area (Å²) in [5.41, 5.74) is 0. The van der Waals surface area contributed by atoms with Crippen molar-refractivity contribution in [3.63, 3.8) is 0 Å². The molecule has 0 atom stereocenters. The molecule has 1 heterocycles. The Morgan fingerprint density at radius 2 is 1.32 bits per heavy atom. The predicted molar refractivity (Wildman–Crippen MR) is 72.5 cm³/mol. The van der Waals surface area contributed by atoms with Crippen molar-refractivity contribution in [2.75, 3.05) is 0 Å². The first-order valence-corrected chi connectivity index (χ1v) is 14.5. The Labute approximate surface area is 121 Å². The number of benzene rings is 2. The van der Waals surface area contributed by atoms with Crippen LogP contribution in [0.4, 0.5) is 0 Å². The summed E-state index contributed by atoms with van der Waals surface area (Å²) in [6, 6.07) is 8.31. The topological polar surface area (TPSA) is 74.6 Å². The third-order valence-electron chi connectivity index (χ3n) is 2.89. The Kier molecular flexibility index (Phi) is 3.00. The van der Waals surface area contributed by atoms with E-state index in [0.717, 1.165) is 0 Å². The molecule has 0 radical (unpaired) electrons. The van der Waals surface area contributed by atoms with Gasteiger partial charge in [0.15, 0.2) is 0 Å². The van der Waals surface area contributed by atoms with Crippen LogP contribution >= 0.6 is 8.51 Å². The first-order chi connectivity index (χ1) is 8.91. The van der Waals surface area contributed by atoms with E-state index in [2.05, 4.69) is 0 Å². The van der Waals surface area contributed by atoms with Gasteiger partial charge in [-0.25, -0.2) is 0 Å². The molecule has 3 rings (SSSR count). The number of rotatable bonds is 0. The molecule has 0 saturated carbocycles. The molecule has 4 nitrogen and oxygen atoms in total. The number of phenols is 2. The fourth-order valence-corrected chi connectivity index (χ4v) is 16.2. The molecule has 1 aliphatic rings. The molecule has 0 spiro atoms. The molecule has 2 aromatic carbocycles. The van der Waals surface area contributed by atoms with Crippen LogP contribution in [-0.2, 0) is 9.84 Å². The van der Waals surface area contributed by atoms with Crippen LogP contribution in [0.5, 0.6) is 11.5 Å². The van der Waals surface area contributed by atoms with Crippen LogP contribution in [0, 0.1) is 0 Å². The van der Waals surface area contributed by atoms with E-state index in [-0.39, 0.29) is 21.3 Å². The van der Waals surface area contributed by atoms with Crippen LogP contribution in [0.3, 0.4) is 0 Å². The molecule has 0 aromatic heterocycles. The standard InChI is InChI=1S/C12H8O4S.Bi.ClH/c13-9-1-5-11(6-2-9)17(15,16)12-7-3-10(14)4-8-12;;/h1-5,7,13-14H;;1H/q;+1;/p-1. The van der Waals surface area contributed by atoms with Gasteiger partial charge in [-0.15, -0.1) is 0 Å². The molecule has 0 amide bonds. The van der Waals surface area contributed by atoms with Gasteiger partial charge in [-0.3, -0.25) is 0 Å². The summed E-state index contributed by atoms with van der Waals surface area (Å²) in [5.74, 6) is -0.00333. The summed E-state index contributed by atoms with van der Waals surface area (Å²) < 4.78 is 26.0. The number of fused-ring (bicyclic) bond motifs is 2. The molecule has 19 heavy (non-hydrogen) atoms. The molecule has 0 fully saturated rings. The van der Waals surface area contributed by atoms with Gasteiger partial charge in [-0.1, -0.05) is 0 Å². The van der Waals surface area contributed by atoms with Gasteiger partial charge in [0.25, 0.3) is 0 Å². The average Bonchev–Trinajstić information content (AvgIpc) is 2.35. The van der Waals surface area contributed by atoms with Crippen molar-refractivity contribution in [1.82, 2.24) is 0 Å². The maximum absolute atomic E-state index is 12.5. The van der Waals surface area contributed by atoms with E-state index in [9.17, 15) is 18.6 Å². The zero-order valence-corrected chi connectivity index (χ0v) is 14.5. The Balaban J connectivity index is 2.39. The SMILES string of the molecule is O=S1(=O)c2ccc(O)c[c]2[Bi]([Cl])[c]2cc(O)ccc21. The number of hydrogen-bond donors (Lipinski definition) is 2. The third-order valence-corrected chi connectivity index (χ3v) is 15.4. The van der Waals surface area contributed by atoms with Crippen molar-refractivity contribution < 1.29 is 18.6 Å². The second-order valence-electron chi connectivity index (χ2n) is 4.09. The average molecular weight is 493 g/mol. The molecule has 7 heteroatoms. The number of phenolic OH excluding ortho intramolecular Hbond substituents is 2. The van der Waals surface area contributed by atoms with Gasteiger partial charge in [0, 0.05) is 0 Å². The van der Waals surface area contributed by atoms with Crippen LogP contribution in [0.2, 0.25) is 0 Å². The van der Waals surface area contributed by atoms with Gasteiger partial charge < -0.3 is 0 Å². The van der Waals surface area contributed by atoms with Crippen molar-refractivity contribution in [2.45, 2.75) is 9.79 Å². The molecular weight excluding hydrogens is 485 g/mol. The second kappa shape index (κ2) is 4.33. The first-order valence-electron chi connectivity index (χ1n) is 5.28. The van der Waals surface area contributed by atoms with Crippen LogP contribution in [0.1, 0.15) is 0 Å². The molecule has 98 valence electrons. The molecular formula is C12H8BiClO4S.